The number of hydrogen-bond donors (Lipinski definition) is 0. The van der Waals surface area contributed by atoms with Crippen molar-refractivity contribution in [2.24, 2.45) is 0 Å². The first-order valence-corrected chi connectivity index (χ1v) is 8.55. The lowest BCUT2D eigenvalue weighted by Crippen LogP contribution is -2.52. The number of nitrogens with zero attached hydrogens (tertiary/aromatic N) is 1. The number of fused-ring (bicyclic) bond motifs is 1. The first-order valence-electron chi connectivity index (χ1n) is 6.18. The summed E-state index contributed by atoms with van der Waals surface area (Å²) in [5.74, 6) is 0.789. The molecule has 3 nitrogen and oxygen atoms in total. The quantitative estimate of drug-likeness (QED) is 0.494. The zero-order valence-corrected chi connectivity index (χ0v) is 15.1. The van der Waals surface area contributed by atoms with Crippen LogP contribution in [-0.2, 0) is 4.74 Å². The van der Waals surface area contributed by atoms with E-state index < -0.39 is 0 Å². The summed E-state index contributed by atoms with van der Waals surface area (Å²) in [5.41, 5.74) is 0.803. The largest absolute Gasteiger partial charge is 0.484 e. The summed E-state index contributed by atoms with van der Waals surface area (Å²) in [5, 5.41) is 1.60. The predicted molar refractivity (Wildman–Crippen MR) is 92.0 cm³/mol. The molecule has 1 aliphatic carbocycles. The van der Waals surface area contributed by atoms with Gasteiger partial charge in [-0.3, -0.25) is 4.98 Å². The summed E-state index contributed by atoms with van der Waals surface area (Å²) >= 11 is 12.1. The normalized spacial score (nSPS) is 25.5. The van der Waals surface area contributed by atoms with Crippen molar-refractivity contribution in [2.75, 3.05) is 7.11 Å². The highest BCUT2D eigenvalue weighted by molar-refractivity contribution is 14.1. The highest BCUT2D eigenvalue weighted by atomic mass is 127. The van der Waals surface area contributed by atoms with Crippen LogP contribution < -0.4 is 4.74 Å². The third-order valence-electron chi connectivity index (χ3n) is 3.47. The monoisotopic (exact) mass is 467 g/mol. The number of aromatic nitrogens is 1. The van der Waals surface area contributed by atoms with Gasteiger partial charge in [0.25, 0.3) is 0 Å². The molecule has 0 aliphatic heterocycles. The van der Waals surface area contributed by atoms with Crippen LogP contribution in [0.5, 0.6) is 5.75 Å². The molecule has 6 heteroatoms. The van der Waals surface area contributed by atoms with Crippen LogP contribution in [0.3, 0.4) is 0 Å². The Kier molecular flexibility index (Phi) is 4.40. The van der Waals surface area contributed by atoms with Gasteiger partial charge in [-0.25, -0.2) is 0 Å². The molecular weight excluding hydrogens is 456 g/mol. The fourth-order valence-electron chi connectivity index (χ4n) is 2.35. The summed E-state index contributed by atoms with van der Waals surface area (Å²) in [7, 11) is 1.71. The van der Waals surface area contributed by atoms with Crippen molar-refractivity contribution >= 4 is 61.0 Å². The van der Waals surface area contributed by atoms with Crippen LogP contribution in [0.2, 0.25) is 5.02 Å². The number of ether oxygens (including phenoxy) is 2. The molecule has 3 rings (SSSR count). The molecule has 1 heterocycles. The maximum absolute atomic E-state index is 6.27. The molecule has 2 aromatic rings. The van der Waals surface area contributed by atoms with E-state index in [1.807, 2.05) is 18.2 Å². The van der Waals surface area contributed by atoms with Crippen molar-refractivity contribution in [3.8, 4) is 5.75 Å². The van der Waals surface area contributed by atoms with Crippen LogP contribution in [0, 0.1) is 3.57 Å². The van der Waals surface area contributed by atoms with Gasteiger partial charge in [0.1, 0.15) is 17.7 Å². The number of alkyl halides is 1. The molecule has 0 bridgehead atoms. The number of pyridine rings is 1. The Morgan fingerprint density at radius 1 is 1.50 bits per heavy atom. The molecule has 0 amide bonds. The number of halogens is 3. The molecule has 0 radical (unpaired) electrons. The molecule has 0 saturated heterocycles. The number of hydrogen-bond acceptors (Lipinski definition) is 3. The minimum absolute atomic E-state index is 0.0456. The van der Waals surface area contributed by atoms with Gasteiger partial charge in [0.05, 0.1) is 8.59 Å². The van der Waals surface area contributed by atoms with Crippen molar-refractivity contribution in [1.82, 2.24) is 4.98 Å². The van der Waals surface area contributed by atoms with Gasteiger partial charge in [0.15, 0.2) is 5.75 Å². The zero-order chi connectivity index (χ0) is 14.3. The Morgan fingerprint density at radius 3 is 3.00 bits per heavy atom. The Bertz CT molecular complexity index is 654. The fraction of sp³-hybridized carbons (Fsp3) is 0.357. The van der Waals surface area contributed by atoms with Crippen molar-refractivity contribution in [3.05, 3.63) is 33.0 Å². The van der Waals surface area contributed by atoms with Gasteiger partial charge in [0, 0.05) is 29.9 Å². The summed E-state index contributed by atoms with van der Waals surface area (Å²) in [6, 6.07) is 5.74. The Morgan fingerprint density at radius 2 is 2.30 bits per heavy atom. The molecule has 1 aromatic heterocycles. The lowest BCUT2D eigenvalue weighted by molar-refractivity contribution is -0.0542. The molecule has 1 fully saturated rings. The van der Waals surface area contributed by atoms with Gasteiger partial charge < -0.3 is 9.47 Å². The zero-order valence-electron chi connectivity index (χ0n) is 10.6. The average molecular weight is 469 g/mol. The summed E-state index contributed by atoms with van der Waals surface area (Å²) in [6.45, 7) is 0. The summed E-state index contributed by atoms with van der Waals surface area (Å²) in [4.78, 5) is 4.77. The maximum Gasteiger partial charge on any atom is 0.159 e. The Hall–Kier alpha value is -0.110. The lowest BCUT2D eigenvalue weighted by Gasteiger charge is -2.40. The maximum atomic E-state index is 6.27. The van der Waals surface area contributed by atoms with Crippen molar-refractivity contribution < 1.29 is 9.47 Å². The molecule has 3 unspecified atom stereocenters. The molecule has 106 valence electrons. The number of benzene rings is 1. The molecule has 0 N–H and O–H groups in total. The summed E-state index contributed by atoms with van der Waals surface area (Å²) in [6.07, 6.45) is 2.79. The smallest absolute Gasteiger partial charge is 0.159 e. The average Bonchev–Trinajstić information content (AvgIpc) is 2.42. The van der Waals surface area contributed by atoms with Crippen LogP contribution >= 0.6 is 50.1 Å². The molecular formula is C14H12BrClINO2. The van der Waals surface area contributed by atoms with E-state index in [1.54, 1.807) is 13.3 Å². The highest BCUT2D eigenvalue weighted by Crippen LogP contribution is 2.39. The first-order chi connectivity index (χ1) is 9.61. The third-order valence-corrected chi connectivity index (χ3v) is 5.48. The molecule has 1 saturated carbocycles. The highest BCUT2D eigenvalue weighted by Gasteiger charge is 2.42. The van der Waals surface area contributed by atoms with E-state index in [0.29, 0.717) is 9.85 Å². The van der Waals surface area contributed by atoms with Gasteiger partial charge in [0.2, 0.25) is 0 Å². The number of rotatable bonds is 3. The predicted octanol–water partition coefficient (Wildman–Crippen LogP) is 4.42. The van der Waals surface area contributed by atoms with E-state index >= 15 is 0 Å². The van der Waals surface area contributed by atoms with E-state index in [2.05, 4.69) is 43.5 Å². The van der Waals surface area contributed by atoms with Crippen molar-refractivity contribution in [3.63, 3.8) is 0 Å². The second kappa shape index (κ2) is 5.94. The van der Waals surface area contributed by atoms with Crippen LogP contribution in [0.1, 0.15) is 6.42 Å². The molecule has 20 heavy (non-hydrogen) atoms. The van der Waals surface area contributed by atoms with Crippen LogP contribution in [0.4, 0.5) is 0 Å². The topological polar surface area (TPSA) is 31.4 Å². The molecule has 1 aliphatic rings. The van der Waals surface area contributed by atoms with Crippen LogP contribution in [-0.4, -0.2) is 29.1 Å². The Balaban J connectivity index is 1.99. The van der Waals surface area contributed by atoms with E-state index in [1.165, 1.54) is 0 Å². The number of methoxy groups -OCH3 is 1. The molecule has 0 spiro atoms. The SMILES string of the molecule is COC1C(Br)CC1Oc1c(I)cc(Cl)c2cccnc12. The third kappa shape index (κ3) is 2.53. The Labute approximate surface area is 144 Å². The summed E-state index contributed by atoms with van der Waals surface area (Å²) < 4.78 is 12.5. The minimum atomic E-state index is 0.0456. The van der Waals surface area contributed by atoms with E-state index in [4.69, 9.17) is 21.1 Å². The van der Waals surface area contributed by atoms with Gasteiger partial charge in [-0.1, -0.05) is 27.5 Å². The van der Waals surface area contributed by atoms with Crippen molar-refractivity contribution in [2.45, 2.75) is 23.5 Å². The lowest BCUT2D eigenvalue weighted by atomic mass is 9.91. The van der Waals surface area contributed by atoms with E-state index in [-0.39, 0.29) is 12.2 Å². The van der Waals surface area contributed by atoms with Crippen LogP contribution in [0.15, 0.2) is 24.4 Å². The second-order valence-electron chi connectivity index (χ2n) is 4.68. The standard InChI is InChI=1S/C14H12BrClINO2/c1-19-13-8(15)5-11(13)20-14-10(17)6-9(16)7-3-2-4-18-12(7)14/h2-4,6,8,11,13H,5H2,1H3. The van der Waals surface area contributed by atoms with Crippen molar-refractivity contribution in [1.29, 1.82) is 0 Å². The van der Waals surface area contributed by atoms with E-state index in [9.17, 15) is 0 Å². The van der Waals surface area contributed by atoms with Crippen LogP contribution in [0.25, 0.3) is 10.9 Å². The van der Waals surface area contributed by atoms with Gasteiger partial charge in [-0.15, -0.1) is 0 Å². The molecule has 1 aromatic carbocycles. The fourth-order valence-corrected chi connectivity index (χ4v) is 4.42. The van der Waals surface area contributed by atoms with E-state index in [0.717, 1.165) is 26.6 Å². The second-order valence-corrected chi connectivity index (χ2v) is 7.42. The van der Waals surface area contributed by atoms with Gasteiger partial charge >= 0.3 is 0 Å². The minimum Gasteiger partial charge on any atom is -0.484 e. The first kappa shape index (κ1) is 14.8. The van der Waals surface area contributed by atoms with Gasteiger partial charge in [-0.2, -0.15) is 0 Å². The molecule has 3 atom stereocenters. The van der Waals surface area contributed by atoms with Gasteiger partial charge in [-0.05, 0) is 40.8 Å².